The van der Waals surface area contributed by atoms with Crippen LogP contribution in [-0.4, -0.2) is 103 Å². The maximum absolute atomic E-state index is 13.8. The predicted octanol–water partition coefficient (Wildman–Crippen LogP) is 6.59. The molecule has 0 heterocycles. The van der Waals surface area contributed by atoms with Crippen molar-refractivity contribution in [3.63, 3.8) is 0 Å². The van der Waals surface area contributed by atoms with Gasteiger partial charge in [0.1, 0.15) is 0 Å². The number of quaternary nitrogens is 1. The van der Waals surface area contributed by atoms with Gasteiger partial charge in [0.15, 0.2) is 0 Å². The second kappa shape index (κ2) is 10.4. The molecule has 0 rings (SSSR count). The summed E-state index contributed by atoms with van der Waals surface area (Å²) in [5.74, 6) is -93.5. The Morgan fingerprint density at radius 1 is 0.488 bits per heavy atom. The van der Waals surface area contributed by atoms with E-state index in [2.05, 4.69) is 0 Å². The number of amides is 1. The summed E-state index contributed by atoms with van der Waals surface area (Å²) >= 11 is 0. The van der Waals surface area contributed by atoms with Crippen LogP contribution < -0.4 is 5.32 Å². The van der Waals surface area contributed by atoms with Gasteiger partial charge < -0.3 is 15.2 Å². The topological polar surface area (TPSA) is 52.2 Å². The zero-order valence-corrected chi connectivity index (χ0v) is 19.9. The lowest BCUT2D eigenvalue weighted by Crippen LogP contribution is -2.78. The molecular formula is C16H11F23N2O2. The number of hydrogen-bond acceptors (Lipinski definition) is 2. The largest absolute Gasteiger partial charge is 0.633 e. The van der Waals surface area contributed by atoms with Crippen LogP contribution in [-0.2, 0) is 4.79 Å². The molecule has 0 fully saturated rings. The van der Waals surface area contributed by atoms with Crippen LogP contribution >= 0.6 is 0 Å². The van der Waals surface area contributed by atoms with Crippen LogP contribution in [0.3, 0.4) is 0 Å². The Labute approximate surface area is 220 Å². The first-order valence-electron chi connectivity index (χ1n) is 9.80. The van der Waals surface area contributed by atoms with Gasteiger partial charge in [0.25, 0.3) is 5.91 Å². The SMILES string of the molecule is C[N+](C)([O-])CCNC(=O)C(F)(F)C(F)(F)C(F)(F)C(F)(F)C(F)(F)C(F)(F)C(F)(F)C(F)(F)C(F)(F)C(F)(F)C(F)(F)F. The van der Waals surface area contributed by atoms with Crippen molar-refractivity contribution in [3.8, 4) is 0 Å². The maximum atomic E-state index is 13.8. The molecule has 0 aliphatic heterocycles. The van der Waals surface area contributed by atoms with Gasteiger partial charge in [-0.05, 0) is 0 Å². The van der Waals surface area contributed by atoms with Crippen molar-refractivity contribution in [2.45, 2.75) is 65.4 Å². The molecule has 4 nitrogen and oxygen atoms in total. The van der Waals surface area contributed by atoms with Crippen molar-refractivity contribution >= 4 is 5.91 Å². The summed E-state index contributed by atoms with van der Waals surface area (Å²) in [4.78, 5) is 11.2. The van der Waals surface area contributed by atoms with Crippen LogP contribution in [0.4, 0.5) is 101 Å². The van der Waals surface area contributed by atoms with Crippen molar-refractivity contribution in [1.29, 1.82) is 0 Å². The molecule has 0 aromatic heterocycles. The number of hydrogen-bond donors (Lipinski definition) is 1. The first-order chi connectivity index (χ1) is 18.1. The standard InChI is InChI=1S/C16H11F23N2O2/c1-41(2,43)4-3-40-5(42)6(17,18)7(19,20)8(21,22)9(23,24)10(25,26)11(27,28)12(29,30)13(31,32)14(33,34)15(35,36)16(37,38)39/h3-4H2,1-2H3,(H,40,42). The second-order valence-corrected chi connectivity index (χ2v) is 8.80. The molecule has 1 N–H and O–H groups in total. The average Bonchev–Trinajstić information content (AvgIpc) is 2.75. The number of halogens is 23. The van der Waals surface area contributed by atoms with E-state index in [1.165, 1.54) is 0 Å². The summed E-state index contributed by atoms with van der Waals surface area (Å²) in [6.07, 6.45) is -8.14. The van der Waals surface area contributed by atoms with E-state index in [1.807, 2.05) is 0 Å². The number of carbonyl (C=O) groups excluding carboxylic acids is 1. The Morgan fingerprint density at radius 3 is 0.953 bits per heavy atom. The van der Waals surface area contributed by atoms with E-state index in [9.17, 15) is 111 Å². The number of nitrogens with one attached hydrogen (secondary N) is 1. The van der Waals surface area contributed by atoms with Crippen molar-refractivity contribution in [3.05, 3.63) is 5.21 Å². The highest BCUT2D eigenvalue weighted by molar-refractivity contribution is 5.84. The normalized spacial score (nSPS) is 16.4. The van der Waals surface area contributed by atoms with Crippen LogP contribution in [0.2, 0.25) is 0 Å². The molecule has 0 atom stereocenters. The highest BCUT2D eigenvalue weighted by Crippen LogP contribution is 2.67. The lowest BCUT2D eigenvalue weighted by Gasteiger charge is -2.45. The lowest BCUT2D eigenvalue weighted by molar-refractivity contribution is -0.838. The summed E-state index contributed by atoms with van der Waals surface area (Å²) in [5.41, 5.74) is 0. The van der Waals surface area contributed by atoms with E-state index in [1.54, 1.807) is 0 Å². The fraction of sp³-hybridized carbons (Fsp3) is 0.938. The van der Waals surface area contributed by atoms with E-state index in [4.69, 9.17) is 0 Å². The Hall–Kier alpha value is -2.22. The molecule has 0 spiro atoms. The summed E-state index contributed by atoms with van der Waals surface area (Å²) in [6, 6.07) is 0. The van der Waals surface area contributed by atoms with Gasteiger partial charge in [-0.1, -0.05) is 0 Å². The molecule has 0 aromatic carbocycles. The van der Waals surface area contributed by atoms with E-state index >= 15 is 0 Å². The quantitative estimate of drug-likeness (QED) is 0.134. The number of likely N-dealkylation sites (N-methyl/N-ethyl adjacent to an activating group) is 1. The van der Waals surface area contributed by atoms with Crippen LogP contribution in [0.1, 0.15) is 0 Å². The van der Waals surface area contributed by atoms with Gasteiger partial charge in [-0.2, -0.15) is 101 Å². The van der Waals surface area contributed by atoms with Crippen LogP contribution in [0, 0.1) is 5.21 Å². The molecule has 0 aliphatic carbocycles. The minimum absolute atomic E-state index is 0.501. The predicted molar refractivity (Wildman–Crippen MR) is 88.9 cm³/mol. The molecule has 0 aliphatic rings. The zero-order valence-electron chi connectivity index (χ0n) is 19.9. The Balaban J connectivity index is 7.03. The van der Waals surface area contributed by atoms with E-state index in [0.29, 0.717) is 19.4 Å². The number of alkyl halides is 23. The molecule has 0 radical (unpaired) electrons. The maximum Gasteiger partial charge on any atom is 0.460 e. The lowest BCUT2D eigenvalue weighted by atomic mass is 9.85. The van der Waals surface area contributed by atoms with E-state index in [0.717, 1.165) is 0 Å². The minimum atomic E-state index is -9.51. The van der Waals surface area contributed by atoms with Gasteiger partial charge >= 0.3 is 65.4 Å². The number of rotatable bonds is 13. The molecule has 27 heteroatoms. The highest BCUT2D eigenvalue weighted by Gasteiger charge is 2.99. The smallest absolute Gasteiger partial charge is 0.460 e. The molecule has 258 valence electrons. The van der Waals surface area contributed by atoms with Gasteiger partial charge in [0, 0.05) is 0 Å². The Bertz CT molecular complexity index is 1030. The van der Waals surface area contributed by atoms with E-state index < -0.39 is 89.0 Å². The van der Waals surface area contributed by atoms with E-state index in [-0.39, 0.29) is 0 Å². The second-order valence-electron chi connectivity index (χ2n) is 8.80. The molecule has 0 aromatic rings. The monoisotopic (exact) mass is 700 g/mol. The Morgan fingerprint density at radius 2 is 0.721 bits per heavy atom. The Kier molecular flexibility index (Phi) is 9.88. The summed E-state index contributed by atoms with van der Waals surface area (Å²) in [7, 11) is 1.30. The van der Waals surface area contributed by atoms with Crippen LogP contribution in [0.5, 0.6) is 0 Å². The molecule has 0 bridgehead atoms. The van der Waals surface area contributed by atoms with Crippen molar-refractivity contribution in [2.75, 3.05) is 27.2 Å². The minimum Gasteiger partial charge on any atom is -0.633 e. The van der Waals surface area contributed by atoms with Crippen molar-refractivity contribution < 1.29 is 110 Å². The summed E-state index contributed by atoms with van der Waals surface area (Å²) in [5, 5.41) is 11.7. The third-order valence-corrected chi connectivity index (χ3v) is 5.13. The molecule has 0 saturated carbocycles. The van der Waals surface area contributed by atoms with Crippen LogP contribution in [0.25, 0.3) is 0 Å². The number of nitrogens with zero attached hydrogens (tertiary/aromatic N) is 1. The van der Waals surface area contributed by atoms with Gasteiger partial charge in [-0.25, -0.2) is 0 Å². The highest BCUT2D eigenvalue weighted by atomic mass is 19.4. The molecule has 0 saturated heterocycles. The number of carbonyl (C=O) groups is 1. The third-order valence-electron chi connectivity index (χ3n) is 5.13. The molecule has 43 heavy (non-hydrogen) atoms. The van der Waals surface area contributed by atoms with Crippen molar-refractivity contribution in [1.82, 2.24) is 5.32 Å². The molecule has 1 amide bonds. The van der Waals surface area contributed by atoms with Crippen molar-refractivity contribution in [2.24, 2.45) is 0 Å². The van der Waals surface area contributed by atoms with Gasteiger partial charge in [0.05, 0.1) is 27.2 Å². The van der Waals surface area contributed by atoms with Gasteiger partial charge in [-0.3, -0.25) is 4.79 Å². The summed E-state index contributed by atoms with van der Waals surface area (Å²) in [6.45, 7) is -2.65. The zero-order chi connectivity index (χ0) is 35.7. The fourth-order valence-electron chi connectivity index (χ4n) is 2.45. The fourth-order valence-corrected chi connectivity index (χ4v) is 2.45. The first kappa shape index (κ1) is 40.8. The van der Waals surface area contributed by atoms with Crippen LogP contribution in [0.15, 0.2) is 0 Å². The van der Waals surface area contributed by atoms with Gasteiger partial charge in [0.2, 0.25) is 0 Å². The number of hydroxylamine groups is 3. The third kappa shape index (κ3) is 5.59. The first-order valence-corrected chi connectivity index (χ1v) is 9.80. The van der Waals surface area contributed by atoms with Gasteiger partial charge in [-0.15, -0.1) is 0 Å². The average molecular weight is 700 g/mol. The summed E-state index contributed by atoms with van der Waals surface area (Å²) < 4.78 is 305. The molecular weight excluding hydrogens is 689 g/mol. The molecule has 0 unspecified atom stereocenters.